The Balaban J connectivity index is 0.00000243. The Morgan fingerprint density at radius 2 is 1.88 bits per heavy atom. The molecule has 6 nitrogen and oxygen atoms in total. The lowest BCUT2D eigenvalue weighted by molar-refractivity contribution is 0.371. The minimum absolute atomic E-state index is 0. The number of aliphatic imine (C=N–C) groups is 1. The normalized spacial score (nSPS) is 14.4. The van der Waals surface area contributed by atoms with E-state index in [9.17, 15) is 0 Å². The van der Waals surface area contributed by atoms with Crippen LogP contribution in [-0.4, -0.2) is 49.1 Å². The van der Waals surface area contributed by atoms with Gasteiger partial charge in [0, 0.05) is 46.0 Å². The Bertz CT molecular complexity index is 746. The van der Waals surface area contributed by atoms with Gasteiger partial charge >= 0.3 is 0 Å². The highest BCUT2D eigenvalue weighted by molar-refractivity contribution is 14.0. The molecule has 1 aliphatic rings. The largest absolute Gasteiger partial charge is 0.353 e. The Labute approximate surface area is 171 Å². The Kier molecular flexibility index (Phi) is 7.66. The monoisotopic (exact) mass is 462 g/mol. The maximum atomic E-state index is 8.86. The van der Waals surface area contributed by atoms with Crippen molar-refractivity contribution in [3.05, 3.63) is 59.8 Å². The summed E-state index contributed by atoms with van der Waals surface area (Å²) >= 11 is 0. The third-order valence-corrected chi connectivity index (χ3v) is 4.30. The third-order valence-electron chi connectivity index (χ3n) is 4.30. The van der Waals surface area contributed by atoms with Crippen molar-refractivity contribution >= 4 is 35.8 Å². The summed E-state index contributed by atoms with van der Waals surface area (Å²) in [6.45, 7) is 4.36. The highest BCUT2D eigenvalue weighted by atomic mass is 127. The SMILES string of the molecule is CN=C(NCc1ccc(C#N)cc1)N1CCN(c2ccccn2)CC1.I. The maximum absolute atomic E-state index is 8.86. The molecule has 1 aromatic heterocycles. The van der Waals surface area contributed by atoms with Crippen molar-refractivity contribution < 1.29 is 0 Å². The molecule has 136 valence electrons. The van der Waals surface area contributed by atoms with E-state index in [0.29, 0.717) is 12.1 Å². The smallest absolute Gasteiger partial charge is 0.194 e. The lowest BCUT2D eigenvalue weighted by Gasteiger charge is -2.37. The van der Waals surface area contributed by atoms with E-state index in [2.05, 4.69) is 31.2 Å². The summed E-state index contributed by atoms with van der Waals surface area (Å²) in [5, 5.41) is 12.3. The average Bonchev–Trinajstić information content (AvgIpc) is 2.70. The van der Waals surface area contributed by atoms with Gasteiger partial charge in [0.25, 0.3) is 0 Å². The van der Waals surface area contributed by atoms with Crippen LogP contribution < -0.4 is 10.2 Å². The zero-order valence-electron chi connectivity index (χ0n) is 14.8. The molecular weight excluding hydrogens is 439 g/mol. The van der Waals surface area contributed by atoms with Crippen LogP contribution in [0.1, 0.15) is 11.1 Å². The number of hydrogen-bond acceptors (Lipinski definition) is 4. The summed E-state index contributed by atoms with van der Waals surface area (Å²) in [7, 11) is 1.81. The van der Waals surface area contributed by atoms with E-state index in [1.807, 2.05) is 55.7 Å². The van der Waals surface area contributed by atoms with Crippen LogP contribution in [0.4, 0.5) is 5.82 Å². The fourth-order valence-electron chi connectivity index (χ4n) is 2.90. The predicted octanol–water partition coefficient (Wildman–Crippen LogP) is 2.47. The quantitative estimate of drug-likeness (QED) is 0.432. The second-order valence-electron chi connectivity index (χ2n) is 5.87. The molecule has 0 amide bonds. The number of hydrogen-bond donors (Lipinski definition) is 1. The molecule has 2 aromatic rings. The minimum atomic E-state index is 0. The van der Waals surface area contributed by atoms with E-state index in [0.717, 1.165) is 43.5 Å². The summed E-state index contributed by atoms with van der Waals surface area (Å²) in [5.74, 6) is 1.94. The number of aromatic nitrogens is 1. The molecule has 0 unspecified atom stereocenters. The first kappa shape index (κ1) is 20.0. The van der Waals surface area contributed by atoms with Crippen molar-refractivity contribution in [2.24, 2.45) is 4.99 Å². The van der Waals surface area contributed by atoms with Gasteiger partial charge in [-0.15, -0.1) is 24.0 Å². The standard InChI is InChI=1S/C19H22N6.HI/c1-21-19(23-15-17-7-5-16(14-20)6-8-17)25-12-10-24(11-13-25)18-4-2-3-9-22-18;/h2-9H,10-13,15H2,1H3,(H,21,23);1H. The van der Waals surface area contributed by atoms with Gasteiger partial charge in [-0.2, -0.15) is 5.26 Å². The second kappa shape index (κ2) is 9.97. The number of nitrogens with one attached hydrogen (secondary N) is 1. The number of halogens is 1. The van der Waals surface area contributed by atoms with Crippen molar-refractivity contribution in [2.75, 3.05) is 38.1 Å². The van der Waals surface area contributed by atoms with Crippen LogP contribution in [0.5, 0.6) is 0 Å². The van der Waals surface area contributed by atoms with Crippen molar-refractivity contribution in [1.29, 1.82) is 5.26 Å². The van der Waals surface area contributed by atoms with Crippen molar-refractivity contribution in [3.8, 4) is 6.07 Å². The molecule has 2 heterocycles. The number of piperazine rings is 1. The summed E-state index contributed by atoms with van der Waals surface area (Å²) < 4.78 is 0. The maximum Gasteiger partial charge on any atom is 0.194 e. The van der Waals surface area contributed by atoms with Crippen LogP contribution in [0.25, 0.3) is 0 Å². The topological polar surface area (TPSA) is 67.6 Å². The van der Waals surface area contributed by atoms with Gasteiger partial charge in [-0.1, -0.05) is 18.2 Å². The van der Waals surface area contributed by atoms with E-state index in [1.54, 1.807) is 0 Å². The number of rotatable bonds is 3. The van der Waals surface area contributed by atoms with Gasteiger partial charge in [-0.25, -0.2) is 4.98 Å². The van der Waals surface area contributed by atoms with Crippen LogP contribution in [0.3, 0.4) is 0 Å². The van der Waals surface area contributed by atoms with Crippen molar-refractivity contribution in [3.63, 3.8) is 0 Å². The molecular formula is C19H23IN6. The van der Waals surface area contributed by atoms with Crippen LogP contribution in [0.15, 0.2) is 53.7 Å². The molecule has 1 saturated heterocycles. The highest BCUT2D eigenvalue weighted by Crippen LogP contribution is 2.12. The number of guanidine groups is 1. The molecule has 7 heteroatoms. The van der Waals surface area contributed by atoms with E-state index in [4.69, 9.17) is 5.26 Å². The van der Waals surface area contributed by atoms with Gasteiger partial charge in [0.15, 0.2) is 5.96 Å². The molecule has 0 atom stereocenters. The Morgan fingerprint density at radius 3 is 2.46 bits per heavy atom. The van der Waals surface area contributed by atoms with Crippen LogP contribution in [0.2, 0.25) is 0 Å². The number of nitriles is 1. The third kappa shape index (κ3) is 5.08. The van der Waals surface area contributed by atoms with E-state index < -0.39 is 0 Å². The predicted molar refractivity (Wildman–Crippen MR) is 115 cm³/mol. The van der Waals surface area contributed by atoms with Crippen LogP contribution in [0, 0.1) is 11.3 Å². The van der Waals surface area contributed by atoms with E-state index in [1.165, 1.54) is 0 Å². The Morgan fingerprint density at radius 1 is 1.15 bits per heavy atom. The first-order chi connectivity index (χ1) is 12.3. The van der Waals surface area contributed by atoms with Crippen LogP contribution in [-0.2, 0) is 6.54 Å². The number of anilines is 1. The second-order valence-corrected chi connectivity index (χ2v) is 5.87. The van der Waals surface area contributed by atoms with Crippen LogP contribution >= 0.6 is 24.0 Å². The first-order valence-electron chi connectivity index (χ1n) is 8.41. The summed E-state index contributed by atoms with van der Waals surface area (Å²) in [5.41, 5.74) is 1.81. The van der Waals surface area contributed by atoms with Crippen molar-refractivity contribution in [1.82, 2.24) is 15.2 Å². The van der Waals surface area contributed by atoms with Gasteiger partial charge in [0.2, 0.25) is 0 Å². The zero-order valence-corrected chi connectivity index (χ0v) is 17.1. The highest BCUT2D eigenvalue weighted by Gasteiger charge is 2.20. The first-order valence-corrected chi connectivity index (χ1v) is 8.41. The lowest BCUT2D eigenvalue weighted by atomic mass is 10.1. The van der Waals surface area contributed by atoms with Gasteiger partial charge in [0.05, 0.1) is 11.6 Å². The van der Waals surface area contributed by atoms with Crippen molar-refractivity contribution in [2.45, 2.75) is 6.54 Å². The fourth-order valence-corrected chi connectivity index (χ4v) is 2.90. The molecule has 3 rings (SSSR count). The Hall–Kier alpha value is -2.34. The van der Waals surface area contributed by atoms with E-state index in [-0.39, 0.29) is 24.0 Å². The molecule has 0 aliphatic carbocycles. The molecule has 1 aromatic carbocycles. The molecule has 0 saturated carbocycles. The molecule has 1 aliphatic heterocycles. The summed E-state index contributed by atoms with van der Waals surface area (Å²) in [4.78, 5) is 13.4. The van der Waals surface area contributed by atoms with Gasteiger partial charge < -0.3 is 15.1 Å². The summed E-state index contributed by atoms with van der Waals surface area (Å²) in [6.07, 6.45) is 1.83. The lowest BCUT2D eigenvalue weighted by Crippen LogP contribution is -2.52. The zero-order chi connectivity index (χ0) is 17.5. The average molecular weight is 462 g/mol. The molecule has 0 spiro atoms. The van der Waals surface area contributed by atoms with E-state index >= 15 is 0 Å². The molecule has 0 radical (unpaired) electrons. The fraction of sp³-hybridized carbons (Fsp3) is 0.316. The summed E-state index contributed by atoms with van der Waals surface area (Å²) in [6, 6.07) is 15.8. The molecule has 1 N–H and O–H groups in total. The molecule has 26 heavy (non-hydrogen) atoms. The van der Waals surface area contributed by atoms with Gasteiger partial charge in [-0.3, -0.25) is 4.99 Å². The number of pyridine rings is 1. The van der Waals surface area contributed by atoms with Gasteiger partial charge in [0.1, 0.15) is 5.82 Å². The number of benzene rings is 1. The number of nitrogens with zero attached hydrogens (tertiary/aromatic N) is 5. The molecule has 1 fully saturated rings. The minimum Gasteiger partial charge on any atom is -0.353 e. The molecule has 0 bridgehead atoms. The van der Waals surface area contributed by atoms with Gasteiger partial charge in [-0.05, 0) is 29.8 Å².